The highest BCUT2D eigenvalue weighted by molar-refractivity contribution is 5.79. The van der Waals surface area contributed by atoms with Crippen LogP contribution in [-0.4, -0.2) is 50.5 Å². The van der Waals surface area contributed by atoms with Crippen molar-refractivity contribution < 1.29 is 27.4 Å². The molecule has 0 aliphatic heterocycles. The minimum Gasteiger partial charge on any atom is -0.497 e. The molecular weight excluding hydrogens is 401 g/mol. The molecule has 30 heavy (non-hydrogen) atoms. The molecule has 0 atom stereocenters. The van der Waals surface area contributed by atoms with E-state index in [1.54, 1.807) is 13.2 Å². The van der Waals surface area contributed by atoms with E-state index in [1.807, 2.05) is 31.2 Å². The molecule has 1 aromatic carbocycles. The van der Waals surface area contributed by atoms with Gasteiger partial charge in [-0.3, -0.25) is 0 Å². The maximum Gasteiger partial charge on any atom is 0.422 e. The lowest BCUT2D eigenvalue weighted by Crippen LogP contribution is -2.39. The van der Waals surface area contributed by atoms with Crippen molar-refractivity contribution in [3.63, 3.8) is 0 Å². The van der Waals surface area contributed by atoms with Gasteiger partial charge in [-0.05, 0) is 36.8 Å². The van der Waals surface area contributed by atoms with Gasteiger partial charge < -0.3 is 24.8 Å². The van der Waals surface area contributed by atoms with Gasteiger partial charge in [-0.2, -0.15) is 13.2 Å². The van der Waals surface area contributed by atoms with Crippen molar-refractivity contribution in [1.82, 2.24) is 15.6 Å². The topological polar surface area (TPSA) is 77.0 Å². The largest absolute Gasteiger partial charge is 0.497 e. The summed E-state index contributed by atoms with van der Waals surface area (Å²) >= 11 is 0. The number of guanidine groups is 1. The Morgan fingerprint density at radius 2 is 1.77 bits per heavy atom. The van der Waals surface area contributed by atoms with Gasteiger partial charge in [0.15, 0.2) is 12.6 Å². The van der Waals surface area contributed by atoms with Crippen LogP contribution in [0.4, 0.5) is 13.2 Å². The number of alkyl halides is 3. The lowest BCUT2D eigenvalue weighted by molar-refractivity contribution is -0.154. The van der Waals surface area contributed by atoms with Crippen LogP contribution in [0.3, 0.4) is 0 Å². The summed E-state index contributed by atoms with van der Waals surface area (Å²) in [5.41, 5.74) is 0.737. The number of hydrogen-bond donors (Lipinski definition) is 2. The summed E-state index contributed by atoms with van der Waals surface area (Å²) in [4.78, 5) is 8.29. The van der Waals surface area contributed by atoms with Crippen LogP contribution in [0.2, 0.25) is 0 Å². The Labute approximate surface area is 173 Å². The van der Waals surface area contributed by atoms with Crippen molar-refractivity contribution in [2.75, 3.05) is 33.4 Å². The molecule has 0 fully saturated rings. The molecule has 164 valence electrons. The highest BCUT2D eigenvalue weighted by Crippen LogP contribution is 2.17. The molecule has 2 aromatic rings. The second kappa shape index (κ2) is 11.7. The van der Waals surface area contributed by atoms with Gasteiger partial charge in [0.05, 0.1) is 20.2 Å². The third kappa shape index (κ3) is 8.89. The zero-order chi connectivity index (χ0) is 21.8. The molecule has 0 saturated carbocycles. The van der Waals surface area contributed by atoms with Crippen LogP contribution in [0.25, 0.3) is 0 Å². The van der Waals surface area contributed by atoms with Gasteiger partial charge in [-0.15, -0.1) is 0 Å². The van der Waals surface area contributed by atoms with Crippen LogP contribution in [-0.2, 0) is 6.54 Å². The van der Waals surface area contributed by atoms with Gasteiger partial charge in [0.1, 0.15) is 18.1 Å². The van der Waals surface area contributed by atoms with E-state index in [9.17, 15) is 13.2 Å². The maximum atomic E-state index is 12.2. The first kappa shape index (κ1) is 23.1. The fourth-order valence-electron chi connectivity index (χ4n) is 2.27. The van der Waals surface area contributed by atoms with E-state index in [0.29, 0.717) is 32.2 Å². The zero-order valence-corrected chi connectivity index (χ0v) is 16.8. The number of pyridine rings is 1. The number of rotatable bonds is 10. The Bertz CT molecular complexity index is 781. The SMILES string of the molecule is CCNC(=NCc1ccc(OCC(F)(F)F)nc1)NCCOc1ccc(OC)cc1. The summed E-state index contributed by atoms with van der Waals surface area (Å²) in [7, 11) is 1.60. The zero-order valence-electron chi connectivity index (χ0n) is 16.8. The fraction of sp³-hybridized carbons (Fsp3) is 0.400. The Hall–Kier alpha value is -3.17. The Morgan fingerprint density at radius 1 is 1.03 bits per heavy atom. The van der Waals surface area contributed by atoms with Crippen molar-refractivity contribution in [3.8, 4) is 17.4 Å². The number of aromatic nitrogens is 1. The van der Waals surface area contributed by atoms with Gasteiger partial charge in [-0.1, -0.05) is 6.07 Å². The van der Waals surface area contributed by atoms with E-state index in [4.69, 9.17) is 9.47 Å². The van der Waals surface area contributed by atoms with E-state index in [1.165, 1.54) is 12.3 Å². The Kier molecular flexibility index (Phi) is 9.04. The Morgan fingerprint density at radius 3 is 2.37 bits per heavy atom. The molecule has 0 bridgehead atoms. The molecule has 7 nitrogen and oxygen atoms in total. The lowest BCUT2D eigenvalue weighted by Gasteiger charge is -2.12. The van der Waals surface area contributed by atoms with Crippen LogP contribution in [0.5, 0.6) is 17.4 Å². The summed E-state index contributed by atoms with van der Waals surface area (Å²) in [6.45, 7) is 2.52. The number of ether oxygens (including phenoxy) is 3. The predicted octanol–water partition coefficient (Wildman–Crippen LogP) is 3.17. The number of aliphatic imine (C=N–C) groups is 1. The molecular formula is C20H25F3N4O3. The molecule has 0 unspecified atom stereocenters. The average Bonchev–Trinajstić information content (AvgIpc) is 2.74. The molecule has 0 spiro atoms. The van der Waals surface area contributed by atoms with E-state index in [-0.39, 0.29) is 5.88 Å². The number of nitrogens with zero attached hydrogens (tertiary/aromatic N) is 2. The molecule has 0 radical (unpaired) electrons. The summed E-state index contributed by atoms with van der Waals surface area (Å²) in [6.07, 6.45) is -2.96. The molecule has 10 heteroatoms. The fourth-order valence-corrected chi connectivity index (χ4v) is 2.27. The monoisotopic (exact) mass is 426 g/mol. The number of halogens is 3. The Balaban J connectivity index is 1.78. The van der Waals surface area contributed by atoms with E-state index < -0.39 is 12.8 Å². The van der Waals surface area contributed by atoms with E-state index in [2.05, 4.69) is 25.3 Å². The van der Waals surface area contributed by atoms with Gasteiger partial charge in [-0.25, -0.2) is 9.98 Å². The molecule has 0 amide bonds. The molecule has 2 N–H and O–H groups in total. The number of hydrogen-bond acceptors (Lipinski definition) is 5. The lowest BCUT2D eigenvalue weighted by atomic mass is 10.3. The maximum absolute atomic E-state index is 12.2. The number of benzene rings is 1. The van der Waals surface area contributed by atoms with Crippen LogP contribution in [0.1, 0.15) is 12.5 Å². The third-order valence-corrected chi connectivity index (χ3v) is 3.67. The van der Waals surface area contributed by atoms with Crippen molar-refractivity contribution >= 4 is 5.96 Å². The molecule has 0 saturated heterocycles. The van der Waals surface area contributed by atoms with Crippen LogP contribution in [0.15, 0.2) is 47.6 Å². The second-order valence-electron chi connectivity index (χ2n) is 6.05. The highest BCUT2D eigenvalue weighted by atomic mass is 19.4. The predicted molar refractivity (Wildman–Crippen MR) is 107 cm³/mol. The van der Waals surface area contributed by atoms with Crippen molar-refractivity contribution in [3.05, 3.63) is 48.2 Å². The second-order valence-corrected chi connectivity index (χ2v) is 6.05. The summed E-state index contributed by atoms with van der Waals surface area (Å²) in [5.74, 6) is 2.00. The molecule has 2 rings (SSSR count). The third-order valence-electron chi connectivity index (χ3n) is 3.67. The van der Waals surface area contributed by atoms with E-state index in [0.717, 1.165) is 17.1 Å². The average molecular weight is 426 g/mol. The van der Waals surface area contributed by atoms with Gasteiger partial charge in [0.25, 0.3) is 0 Å². The molecule has 1 heterocycles. The molecule has 0 aliphatic rings. The first-order valence-corrected chi connectivity index (χ1v) is 9.33. The van der Waals surface area contributed by atoms with Gasteiger partial charge in [0.2, 0.25) is 5.88 Å². The highest BCUT2D eigenvalue weighted by Gasteiger charge is 2.28. The first-order chi connectivity index (χ1) is 14.4. The minimum atomic E-state index is -4.39. The summed E-state index contributed by atoms with van der Waals surface area (Å²) in [5, 5.41) is 6.26. The molecule has 1 aromatic heterocycles. The summed E-state index contributed by atoms with van der Waals surface area (Å²) in [6, 6.07) is 10.3. The number of methoxy groups -OCH3 is 1. The van der Waals surface area contributed by atoms with Crippen molar-refractivity contribution in [2.45, 2.75) is 19.6 Å². The van der Waals surface area contributed by atoms with Crippen molar-refractivity contribution in [2.24, 2.45) is 4.99 Å². The quantitative estimate of drug-likeness (QED) is 0.345. The summed E-state index contributed by atoms with van der Waals surface area (Å²) < 4.78 is 51.8. The smallest absolute Gasteiger partial charge is 0.422 e. The van der Waals surface area contributed by atoms with Gasteiger partial charge in [0, 0.05) is 18.8 Å². The minimum absolute atomic E-state index is 0.0826. The van der Waals surface area contributed by atoms with Gasteiger partial charge >= 0.3 is 6.18 Å². The molecule has 0 aliphatic carbocycles. The van der Waals surface area contributed by atoms with E-state index >= 15 is 0 Å². The van der Waals surface area contributed by atoms with Crippen LogP contribution >= 0.6 is 0 Å². The standard InChI is InChI=1S/C20H25F3N4O3/c1-3-24-19(25-10-11-29-17-7-5-16(28-2)6-8-17)27-13-15-4-9-18(26-12-15)30-14-20(21,22)23/h4-9,12H,3,10-11,13-14H2,1-2H3,(H2,24,25,27). The first-order valence-electron chi connectivity index (χ1n) is 9.33. The normalized spacial score (nSPS) is 11.7. The van der Waals surface area contributed by atoms with Crippen LogP contribution < -0.4 is 24.8 Å². The number of nitrogens with one attached hydrogen (secondary N) is 2. The van der Waals surface area contributed by atoms with Crippen LogP contribution in [0, 0.1) is 0 Å². The van der Waals surface area contributed by atoms with Crippen molar-refractivity contribution in [1.29, 1.82) is 0 Å².